The molecule has 2 N–H and O–H groups in total. The van der Waals surface area contributed by atoms with Gasteiger partial charge in [-0.05, 0) is 98.2 Å². The highest BCUT2D eigenvalue weighted by atomic mass is 19.1. The molecule has 3 amide bonds. The summed E-state index contributed by atoms with van der Waals surface area (Å²) < 4.78 is 22.2. The number of carbonyl (C=O) groups excluding carboxylic acids is 3. The van der Waals surface area contributed by atoms with Gasteiger partial charge in [-0.25, -0.2) is 4.39 Å². The molecule has 9 rings (SSSR count). The van der Waals surface area contributed by atoms with Crippen molar-refractivity contribution in [3.05, 3.63) is 90.4 Å². The lowest BCUT2D eigenvalue weighted by molar-refractivity contribution is -0.134. The Morgan fingerprint density at radius 1 is 0.852 bits per heavy atom. The first-order chi connectivity index (χ1) is 26.3. The highest BCUT2D eigenvalue weighted by molar-refractivity contribution is 6.02. The summed E-state index contributed by atoms with van der Waals surface area (Å²) >= 11 is 0. The smallest absolute Gasteiger partial charge is 0.249 e. The molecule has 0 bridgehead atoms. The van der Waals surface area contributed by atoms with Crippen LogP contribution in [0, 0.1) is 5.82 Å². The SMILES string of the molecule is O=C1CCC(N2CCOc3c(C4CCC(N5CCN(c6ccc(-n7ccc8nnc(-c9cccc(F)c9O)cc87)cc6)C(=O)C5)CC4)cccc32)C(=O)N1. The van der Waals surface area contributed by atoms with Gasteiger partial charge in [0.15, 0.2) is 11.6 Å². The largest absolute Gasteiger partial charge is 0.504 e. The fourth-order valence-corrected chi connectivity index (χ4v) is 8.75. The average molecular weight is 730 g/mol. The third kappa shape index (κ3) is 6.11. The molecule has 2 aromatic heterocycles. The maximum absolute atomic E-state index is 14.0. The van der Waals surface area contributed by atoms with Crippen LogP contribution in [0.4, 0.5) is 15.8 Å². The zero-order chi connectivity index (χ0) is 36.9. The zero-order valence-corrected chi connectivity index (χ0v) is 29.7. The van der Waals surface area contributed by atoms with E-state index in [-0.39, 0.29) is 29.3 Å². The first-order valence-corrected chi connectivity index (χ1v) is 18.7. The van der Waals surface area contributed by atoms with E-state index >= 15 is 0 Å². The Labute approximate surface area is 311 Å². The number of aromatic nitrogens is 3. The number of piperidine rings is 1. The van der Waals surface area contributed by atoms with Gasteiger partial charge in [0.1, 0.15) is 23.9 Å². The van der Waals surface area contributed by atoms with Gasteiger partial charge in [0, 0.05) is 48.7 Å². The molecule has 12 nitrogen and oxygen atoms in total. The first-order valence-electron chi connectivity index (χ1n) is 18.7. The first kappa shape index (κ1) is 34.0. The molecule has 1 aliphatic carbocycles. The molecule has 1 unspecified atom stereocenters. The predicted molar refractivity (Wildman–Crippen MR) is 200 cm³/mol. The van der Waals surface area contributed by atoms with Crippen LogP contribution in [0.1, 0.15) is 50.0 Å². The van der Waals surface area contributed by atoms with Gasteiger partial charge in [0.2, 0.25) is 17.7 Å². The lowest BCUT2D eigenvalue weighted by Crippen LogP contribution is -2.54. The van der Waals surface area contributed by atoms with Gasteiger partial charge in [-0.3, -0.25) is 24.6 Å². The Kier molecular flexibility index (Phi) is 8.73. The number of imide groups is 1. The molecule has 1 saturated carbocycles. The van der Waals surface area contributed by atoms with E-state index in [1.165, 1.54) is 17.7 Å². The number of para-hydroxylation sites is 2. The van der Waals surface area contributed by atoms with Gasteiger partial charge >= 0.3 is 0 Å². The summed E-state index contributed by atoms with van der Waals surface area (Å²) in [4.78, 5) is 44.3. The molecule has 2 saturated heterocycles. The van der Waals surface area contributed by atoms with E-state index in [1.807, 2.05) is 58.1 Å². The lowest BCUT2D eigenvalue weighted by Gasteiger charge is -2.42. The molecule has 13 heteroatoms. The molecule has 54 heavy (non-hydrogen) atoms. The minimum absolute atomic E-state index is 0.0800. The number of piperazine rings is 1. The van der Waals surface area contributed by atoms with Crippen molar-refractivity contribution in [3.8, 4) is 28.4 Å². The normalized spacial score (nSPS) is 22.2. The molecular weight excluding hydrogens is 689 g/mol. The van der Waals surface area contributed by atoms with Gasteiger partial charge in [-0.1, -0.05) is 18.2 Å². The predicted octanol–water partition coefficient (Wildman–Crippen LogP) is 5.31. The number of anilines is 2. The van der Waals surface area contributed by atoms with E-state index in [0.29, 0.717) is 62.3 Å². The number of ether oxygens (including phenoxy) is 1. The van der Waals surface area contributed by atoms with Crippen LogP contribution in [0.15, 0.2) is 79.0 Å². The average Bonchev–Trinajstić information content (AvgIpc) is 3.62. The Hall–Kier alpha value is -5.82. The summed E-state index contributed by atoms with van der Waals surface area (Å²) in [6.07, 6.45) is 6.69. The number of phenolic OH excluding ortho intramolecular Hbond substituents is 1. The molecule has 3 aromatic carbocycles. The van der Waals surface area contributed by atoms with E-state index in [1.54, 1.807) is 12.1 Å². The second-order valence-corrected chi connectivity index (χ2v) is 14.6. The maximum atomic E-state index is 14.0. The molecule has 4 aliphatic rings. The number of amides is 3. The molecule has 3 fully saturated rings. The quantitative estimate of drug-likeness (QED) is 0.223. The standard InChI is InChI=1S/C41H40FN7O5/c42-31-5-1-4-30(39(31)52)33-23-36-32(44-45-33)17-18-47(36)27-11-13-28(14-12-27)48-20-19-46(24-38(48)51)26-9-7-25(8-10-26)29-3-2-6-34-40(29)54-22-21-49(34)35-15-16-37(50)43-41(35)53/h1-6,11-14,17-18,23,25-26,35,52H,7-10,15-16,19-22,24H2,(H,43,50,53). The maximum Gasteiger partial charge on any atom is 0.249 e. The van der Waals surface area contributed by atoms with E-state index in [0.717, 1.165) is 60.6 Å². The van der Waals surface area contributed by atoms with Crippen molar-refractivity contribution >= 4 is 40.1 Å². The number of rotatable bonds is 6. The van der Waals surface area contributed by atoms with Crippen molar-refractivity contribution in [2.24, 2.45) is 0 Å². The summed E-state index contributed by atoms with van der Waals surface area (Å²) in [5.41, 5.74) is 5.86. The zero-order valence-electron chi connectivity index (χ0n) is 29.7. The molecule has 0 spiro atoms. The molecule has 0 radical (unpaired) electrons. The Morgan fingerprint density at radius 2 is 1.65 bits per heavy atom. The summed E-state index contributed by atoms with van der Waals surface area (Å²) in [6, 6.07) is 22.0. The van der Waals surface area contributed by atoms with E-state index in [9.17, 15) is 23.9 Å². The van der Waals surface area contributed by atoms with Crippen LogP contribution >= 0.6 is 0 Å². The molecule has 5 heterocycles. The topological polar surface area (TPSA) is 133 Å². The Bertz CT molecular complexity index is 2270. The second kappa shape index (κ2) is 13.9. The molecule has 1 atom stereocenters. The number of phenols is 1. The Balaban J connectivity index is 0.837. The van der Waals surface area contributed by atoms with E-state index < -0.39 is 11.6 Å². The van der Waals surface area contributed by atoms with Gasteiger partial charge in [0.25, 0.3) is 0 Å². The summed E-state index contributed by atoms with van der Waals surface area (Å²) in [7, 11) is 0. The number of hydrogen-bond acceptors (Lipinski definition) is 9. The van der Waals surface area contributed by atoms with Gasteiger partial charge < -0.3 is 24.2 Å². The number of nitrogens with zero attached hydrogens (tertiary/aromatic N) is 6. The number of hydrogen-bond donors (Lipinski definition) is 2. The minimum Gasteiger partial charge on any atom is -0.504 e. The number of benzene rings is 3. The number of carbonyl (C=O) groups is 3. The van der Waals surface area contributed by atoms with E-state index in [4.69, 9.17) is 4.74 Å². The van der Waals surface area contributed by atoms with Crippen LogP contribution in [-0.4, -0.2) is 87.4 Å². The van der Waals surface area contributed by atoms with Crippen molar-refractivity contribution in [1.29, 1.82) is 0 Å². The highest BCUT2D eigenvalue weighted by Gasteiger charge is 2.37. The highest BCUT2D eigenvalue weighted by Crippen LogP contribution is 2.45. The lowest BCUT2D eigenvalue weighted by atomic mass is 9.80. The van der Waals surface area contributed by atoms with Crippen molar-refractivity contribution in [2.75, 3.05) is 42.6 Å². The van der Waals surface area contributed by atoms with Crippen LogP contribution in [0.3, 0.4) is 0 Å². The van der Waals surface area contributed by atoms with Crippen molar-refractivity contribution < 1.29 is 28.6 Å². The van der Waals surface area contributed by atoms with E-state index in [2.05, 4.69) is 31.4 Å². The van der Waals surface area contributed by atoms with Gasteiger partial charge in [-0.15, -0.1) is 10.2 Å². The molecule has 276 valence electrons. The Morgan fingerprint density at radius 3 is 2.44 bits per heavy atom. The third-order valence-electron chi connectivity index (χ3n) is 11.5. The number of fused-ring (bicyclic) bond motifs is 2. The van der Waals surface area contributed by atoms with Crippen LogP contribution in [0.25, 0.3) is 28.0 Å². The van der Waals surface area contributed by atoms with Crippen molar-refractivity contribution in [2.45, 2.75) is 56.5 Å². The summed E-state index contributed by atoms with van der Waals surface area (Å²) in [6.45, 7) is 2.88. The van der Waals surface area contributed by atoms with Crippen molar-refractivity contribution in [3.63, 3.8) is 0 Å². The van der Waals surface area contributed by atoms with Crippen LogP contribution in [0.2, 0.25) is 0 Å². The van der Waals surface area contributed by atoms with Crippen LogP contribution in [-0.2, 0) is 14.4 Å². The fourth-order valence-electron chi connectivity index (χ4n) is 8.75. The van der Waals surface area contributed by atoms with Gasteiger partial charge in [0.05, 0.1) is 30.0 Å². The second-order valence-electron chi connectivity index (χ2n) is 14.6. The van der Waals surface area contributed by atoms with Gasteiger partial charge in [-0.2, -0.15) is 0 Å². The van der Waals surface area contributed by atoms with Crippen LogP contribution < -0.4 is 19.9 Å². The van der Waals surface area contributed by atoms with Crippen LogP contribution in [0.5, 0.6) is 11.5 Å². The minimum atomic E-state index is -0.720. The number of halogens is 1. The number of aromatic hydroxyl groups is 1. The molecule has 5 aromatic rings. The summed E-state index contributed by atoms with van der Waals surface area (Å²) in [5.74, 6) is -0.362. The monoisotopic (exact) mass is 729 g/mol. The number of nitrogens with one attached hydrogen (secondary N) is 1. The molecular formula is C41H40FN7O5. The molecule has 3 aliphatic heterocycles. The fraction of sp³-hybridized carbons (Fsp3) is 0.341. The third-order valence-corrected chi connectivity index (χ3v) is 11.5. The summed E-state index contributed by atoms with van der Waals surface area (Å²) in [5, 5.41) is 21.2. The van der Waals surface area contributed by atoms with Crippen molar-refractivity contribution in [1.82, 2.24) is 25.0 Å².